The average Bonchev–Trinajstić information content (AvgIpc) is 2.69. The summed E-state index contributed by atoms with van der Waals surface area (Å²) in [6.45, 7) is 0.352. The highest BCUT2D eigenvalue weighted by atomic mass is 35.5. The van der Waals surface area contributed by atoms with Gasteiger partial charge in [0.15, 0.2) is 0 Å². The first kappa shape index (κ1) is 20.5. The van der Waals surface area contributed by atoms with E-state index in [0.717, 1.165) is 0 Å². The topological polar surface area (TPSA) is 87.3 Å². The van der Waals surface area contributed by atoms with Crippen molar-refractivity contribution >= 4 is 53.6 Å². The van der Waals surface area contributed by atoms with Crippen molar-refractivity contribution in [3.05, 3.63) is 69.7 Å². The smallest absolute Gasteiger partial charge is 0.247 e. The Labute approximate surface area is 177 Å². The number of nitrogens with one attached hydrogen (secondary N) is 3. The fraction of sp³-hybridized carbons (Fsp3) is 0.211. The largest absolute Gasteiger partial charge is 0.352 e. The monoisotopic (exact) mass is 437 g/mol. The summed E-state index contributed by atoms with van der Waals surface area (Å²) in [6.07, 6.45) is 0. The molecule has 9 heteroatoms. The van der Waals surface area contributed by atoms with Gasteiger partial charge in [-0.2, -0.15) is 12.6 Å². The lowest BCUT2D eigenvalue weighted by Crippen LogP contribution is -2.63. The maximum Gasteiger partial charge on any atom is 0.247 e. The van der Waals surface area contributed by atoms with Gasteiger partial charge in [0.05, 0.1) is 0 Å². The normalized spacial score (nSPS) is 17.7. The van der Waals surface area contributed by atoms with Crippen molar-refractivity contribution in [3.8, 4) is 0 Å². The summed E-state index contributed by atoms with van der Waals surface area (Å²) >= 11 is 16.7. The van der Waals surface area contributed by atoms with Gasteiger partial charge >= 0.3 is 0 Å². The van der Waals surface area contributed by atoms with Gasteiger partial charge in [-0.1, -0.05) is 59.6 Å². The van der Waals surface area contributed by atoms with E-state index in [2.05, 4.69) is 28.6 Å². The second-order valence-electron chi connectivity index (χ2n) is 6.20. The van der Waals surface area contributed by atoms with Crippen LogP contribution in [0.25, 0.3) is 0 Å². The van der Waals surface area contributed by atoms with E-state index in [4.69, 9.17) is 23.2 Å². The summed E-state index contributed by atoms with van der Waals surface area (Å²) < 4.78 is 0. The summed E-state index contributed by atoms with van der Waals surface area (Å²) in [7, 11) is 0. The van der Waals surface area contributed by atoms with Gasteiger partial charge in [-0.05, 0) is 17.7 Å². The van der Waals surface area contributed by atoms with Crippen LogP contribution in [-0.2, 0) is 14.4 Å². The molecule has 0 spiro atoms. The number of amides is 3. The Hall–Kier alpha value is -2.22. The van der Waals surface area contributed by atoms with Crippen LogP contribution >= 0.6 is 35.8 Å². The quantitative estimate of drug-likeness (QED) is 0.413. The number of benzene rings is 2. The van der Waals surface area contributed by atoms with E-state index < -0.39 is 29.1 Å². The number of carbonyl (C=O) groups is 3. The molecular formula is C19H17Cl2N3O3S. The molecule has 3 N–H and O–H groups in total. The molecule has 1 saturated heterocycles. The first-order valence-electron chi connectivity index (χ1n) is 8.44. The summed E-state index contributed by atoms with van der Waals surface area (Å²) in [4.78, 5) is 37.0. The lowest BCUT2D eigenvalue weighted by atomic mass is 10.0. The van der Waals surface area contributed by atoms with Crippen LogP contribution in [0.15, 0.2) is 48.5 Å². The number of rotatable bonds is 6. The predicted octanol–water partition coefficient (Wildman–Crippen LogP) is 2.44. The van der Waals surface area contributed by atoms with Crippen LogP contribution in [0.4, 0.5) is 0 Å². The minimum atomic E-state index is -1.00. The molecule has 2 unspecified atom stereocenters. The molecule has 2 aromatic carbocycles. The lowest BCUT2D eigenvalue weighted by molar-refractivity contribution is -0.135. The standard InChI is InChI=1S/C19H17Cl2N3O3S/c20-11-7-4-8-12(21)14(11)16(28)19(27)24-15(10-5-2-1-3-6-10)18(26)23-13-9-22-17(13)25/h1-8,13,15-16,28H,9H2,(H,22,25)(H,23,26)(H,24,27)/t13?,15-,16?/m1/s1. The van der Waals surface area contributed by atoms with Gasteiger partial charge < -0.3 is 16.0 Å². The fourth-order valence-electron chi connectivity index (χ4n) is 2.73. The molecule has 146 valence electrons. The molecule has 0 bridgehead atoms. The number of β-lactam (4-membered cyclic amide) rings is 1. The van der Waals surface area contributed by atoms with Gasteiger partial charge in [0.25, 0.3) is 0 Å². The molecule has 3 rings (SSSR count). The molecule has 1 aliphatic rings. The maximum absolute atomic E-state index is 12.8. The van der Waals surface area contributed by atoms with Gasteiger partial charge in [-0.15, -0.1) is 0 Å². The Morgan fingerprint density at radius 3 is 2.21 bits per heavy atom. The van der Waals surface area contributed by atoms with E-state index in [-0.39, 0.29) is 5.91 Å². The van der Waals surface area contributed by atoms with Crippen molar-refractivity contribution in [1.82, 2.24) is 16.0 Å². The fourth-order valence-corrected chi connectivity index (χ4v) is 3.85. The molecule has 1 heterocycles. The van der Waals surface area contributed by atoms with Crippen molar-refractivity contribution in [2.45, 2.75) is 17.3 Å². The second kappa shape index (κ2) is 8.86. The first-order chi connectivity index (χ1) is 13.4. The summed E-state index contributed by atoms with van der Waals surface area (Å²) in [6, 6.07) is 12.0. The Morgan fingerprint density at radius 2 is 1.68 bits per heavy atom. The van der Waals surface area contributed by atoms with Crippen LogP contribution in [0.3, 0.4) is 0 Å². The molecule has 1 fully saturated rings. The van der Waals surface area contributed by atoms with Crippen LogP contribution < -0.4 is 16.0 Å². The van der Waals surface area contributed by atoms with Crippen LogP contribution in [0.2, 0.25) is 10.0 Å². The van der Waals surface area contributed by atoms with E-state index >= 15 is 0 Å². The third-order valence-corrected chi connectivity index (χ3v) is 5.47. The molecule has 6 nitrogen and oxygen atoms in total. The zero-order valence-electron chi connectivity index (χ0n) is 14.5. The number of thiol groups is 1. The van der Waals surface area contributed by atoms with Crippen LogP contribution in [0.1, 0.15) is 22.4 Å². The van der Waals surface area contributed by atoms with E-state index in [1.54, 1.807) is 48.5 Å². The highest BCUT2D eigenvalue weighted by Gasteiger charge is 2.33. The first-order valence-corrected chi connectivity index (χ1v) is 9.71. The summed E-state index contributed by atoms with van der Waals surface area (Å²) in [5, 5.41) is 7.48. The molecule has 1 aliphatic heterocycles. The van der Waals surface area contributed by atoms with Gasteiger partial charge in [0, 0.05) is 22.2 Å². The third-order valence-electron chi connectivity index (χ3n) is 4.32. The molecule has 0 radical (unpaired) electrons. The molecule has 3 amide bonds. The second-order valence-corrected chi connectivity index (χ2v) is 7.53. The highest BCUT2D eigenvalue weighted by molar-refractivity contribution is 7.81. The Bertz CT molecular complexity index is 890. The van der Waals surface area contributed by atoms with Crippen molar-refractivity contribution in [2.75, 3.05) is 6.54 Å². The zero-order valence-corrected chi connectivity index (χ0v) is 16.9. The van der Waals surface area contributed by atoms with Crippen molar-refractivity contribution in [3.63, 3.8) is 0 Å². The number of carbonyl (C=O) groups excluding carboxylic acids is 3. The van der Waals surface area contributed by atoms with Crippen LogP contribution in [-0.4, -0.2) is 30.3 Å². The van der Waals surface area contributed by atoms with Crippen LogP contribution in [0.5, 0.6) is 0 Å². The molecule has 3 atom stereocenters. The van der Waals surface area contributed by atoms with E-state index in [1.165, 1.54) is 0 Å². The number of hydrogen-bond donors (Lipinski definition) is 4. The molecular weight excluding hydrogens is 421 g/mol. The zero-order chi connectivity index (χ0) is 20.3. The summed E-state index contributed by atoms with van der Waals surface area (Å²) in [5.74, 6) is -1.30. The highest BCUT2D eigenvalue weighted by Crippen LogP contribution is 2.34. The minimum absolute atomic E-state index is 0.263. The van der Waals surface area contributed by atoms with Gasteiger partial charge in [0.2, 0.25) is 17.7 Å². The SMILES string of the molecule is O=C1NCC1NC(=O)[C@H](NC(=O)C(S)c1c(Cl)cccc1Cl)c1ccccc1. The Balaban J connectivity index is 1.81. The molecule has 0 saturated carbocycles. The molecule has 0 aromatic heterocycles. The van der Waals surface area contributed by atoms with Crippen molar-refractivity contribution in [1.29, 1.82) is 0 Å². The minimum Gasteiger partial charge on any atom is -0.352 e. The number of halogens is 2. The van der Waals surface area contributed by atoms with Gasteiger partial charge in [-0.25, -0.2) is 0 Å². The summed E-state index contributed by atoms with van der Waals surface area (Å²) in [5.41, 5.74) is 0.927. The Morgan fingerprint density at radius 1 is 1.04 bits per heavy atom. The molecule has 28 heavy (non-hydrogen) atoms. The van der Waals surface area contributed by atoms with E-state index in [1.807, 2.05) is 0 Å². The molecule has 2 aromatic rings. The average molecular weight is 438 g/mol. The van der Waals surface area contributed by atoms with Gasteiger partial charge in [0.1, 0.15) is 17.3 Å². The van der Waals surface area contributed by atoms with E-state index in [9.17, 15) is 14.4 Å². The predicted molar refractivity (Wildman–Crippen MR) is 110 cm³/mol. The number of hydrogen-bond acceptors (Lipinski definition) is 4. The Kier molecular flexibility index (Phi) is 6.49. The lowest BCUT2D eigenvalue weighted by Gasteiger charge is -2.29. The van der Waals surface area contributed by atoms with Gasteiger partial charge in [-0.3, -0.25) is 14.4 Å². The van der Waals surface area contributed by atoms with E-state index in [0.29, 0.717) is 27.7 Å². The van der Waals surface area contributed by atoms with Crippen molar-refractivity contribution < 1.29 is 14.4 Å². The maximum atomic E-state index is 12.8. The molecule has 0 aliphatic carbocycles. The third kappa shape index (κ3) is 4.43. The van der Waals surface area contributed by atoms with Crippen molar-refractivity contribution in [2.24, 2.45) is 0 Å². The van der Waals surface area contributed by atoms with Crippen LogP contribution in [0, 0.1) is 0 Å².